The third-order valence-electron chi connectivity index (χ3n) is 3.66. The lowest BCUT2D eigenvalue weighted by molar-refractivity contribution is -0.116. The van der Waals surface area contributed by atoms with Gasteiger partial charge in [0.25, 0.3) is 0 Å². The van der Waals surface area contributed by atoms with Gasteiger partial charge in [0.1, 0.15) is 5.75 Å². The van der Waals surface area contributed by atoms with Crippen molar-refractivity contribution in [2.45, 2.75) is 10.6 Å². The van der Waals surface area contributed by atoms with Gasteiger partial charge in [-0.05, 0) is 29.8 Å². The van der Waals surface area contributed by atoms with E-state index in [0.29, 0.717) is 5.75 Å². The van der Waals surface area contributed by atoms with Gasteiger partial charge in [-0.25, -0.2) is 0 Å². The predicted molar refractivity (Wildman–Crippen MR) is 98.7 cm³/mol. The average molecular weight is 345 g/mol. The van der Waals surface area contributed by atoms with Crippen molar-refractivity contribution in [3.05, 3.63) is 54.1 Å². The monoisotopic (exact) mass is 345 g/mol. The van der Waals surface area contributed by atoms with Crippen molar-refractivity contribution in [1.29, 1.82) is 0 Å². The molecule has 0 fully saturated rings. The summed E-state index contributed by atoms with van der Waals surface area (Å²) in [5.74, 6) is 3.31. The molecule has 0 aliphatic carbocycles. The molecular weight excluding hydrogens is 326 g/mol. The van der Waals surface area contributed by atoms with E-state index >= 15 is 0 Å². The molecule has 0 bridgehead atoms. The highest BCUT2D eigenvalue weighted by molar-refractivity contribution is 7.99. The number of thioether (sulfide) groups is 2. The summed E-state index contributed by atoms with van der Waals surface area (Å²) in [6.07, 6.45) is 0. The molecule has 5 heteroatoms. The number of benzene rings is 2. The number of anilines is 1. The van der Waals surface area contributed by atoms with Crippen LogP contribution in [0.4, 0.5) is 5.69 Å². The molecule has 120 valence electrons. The number of carbonyl (C=O) groups is 1. The van der Waals surface area contributed by atoms with Crippen LogP contribution in [-0.2, 0) is 10.5 Å². The van der Waals surface area contributed by atoms with Crippen LogP contribution < -0.4 is 9.64 Å². The Kier molecular flexibility index (Phi) is 5.51. The Morgan fingerprint density at radius 2 is 2.13 bits per heavy atom. The molecule has 1 aliphatic rings. The van der Waals surface area contributed by atoms with Gasteiger partial charge in [-0.1, -0.05) is 24.3 Å². The Morgan fingerprint density at radius 3 is 3.00 bits per heavy atom. The van der Waals surface area contributed by atoms with Crippen LogP contribution in [0.15, 0.2) is 53.4 Å². The van der Waals surface area contributed by atoms with Gasteiger partial charge in [-0.15, -0.1) is 23.5 Å². The molecule has 0 spiro atoms. The highest BCUT2D eigenvalue weighted by Gasteiger charge is 2.22. The third kappa shape index (κ3) is 4.03. The second-order valence-electron chi connectivity index (χ2n) is 5.21. The van der Waals surface area contributed by atoms with Gasteiger partial charge < -0.3 is 9.64 Å². The van der Waals surface area contributed by atoms with Gasteiger partial charge in [0, 0.05) is 22.9 Å². The summed E-state index contributed by atoms with van der Waals surface area (Å²) in [4.78, 5) is 15.7. The van der Waals surface area contributed by atoms with Gasteiger partial charge in [0.05, 0.1) is 18.6 Å². The summed E-state index contributed by atoms with van der Waals surface area (Å²) in [5.41, 5.74) is 2.23. The van der Waals surface area contributed by atoms with Crippen LogP contribution in [0.25, 0.3) is 0 Å². The molecule has 3 rings (SSSR count). The van der Waals surface area contributed by atoms with Crippen LogP contribution in [0, 0.1) is 0 Å². The first-order chi connectivity index (χ1) is 11.3. The maximum absolute atomic E-state index is 12.5. The van der Waals surface area contributed by atoms with Crippen molar-refractivity contribution in [3.8, 4) is 5.75 Å². The predicted octanol–water partition coefficient (Wildman–Crippen LogP) is 4.07. The lowest BCUT2D eigenvalue weighted by Crippen LogP contribution is -2.36. The molecule has 0 unspecified atom stereocenters. The first kappa shape index (κ1) is 16.3. The zero-order chi connectivity index (χ0) is 16.1. The van der Waals surface area contributed by atoms with Crippen LogP contribution in [0.1, 0.15) is 5.56 Å². The smallest absolute Gasteiger partial charge is 0.237 e. The zero-order valence-corrected chi connectivity index (χ0v) is 14.7. The largest absolute Gasteiger partial charge is 0.497 e. The van der Waals surface area contributed by atoms with Crippen LogP contribution in [0.5, 0.6) is 5.75 Å². The van der Waals surface area contributed by atoms with Gasteiger partial charge in [0.2, 0.25) is 5.91 Å². The minimum Gasteiger partial charge on any atom is -0.497 e. The first-order valence-corrected chi connectivity index (χ1v) is 9.65. The SMILES string of the molecule is COc1cccc(CSCC(=O)N2CCSc3ccccc32)c1. The van der Waals surface area contributed by atoms with Crippen molar-refractivity contribution in [1.82, 2.24) is 0 Å². The highest BCUT2D eigenvalue weighted by atomic mass is 32.2. The Hall–Kier alpha value is -1.59. The fraction of sp³-hybridized carbons (Fsp3) is 0.278. The van der Waals surface area contributed by atoms with Crippen LogP contribution >= 0.6 is 23.5 Å². The van der Waals surface area contributed by atoms with E-state index in [2.05, 4.69) is 12.1 Å². The number of hydrogen-bond acceptors (Lipinski definition) is 4. The number of ether oxygens (including phenoxy) is 1. The second-order valence-corrected chi connectivity index (χ2v) is 7.33. The van der Waals surface area contributed by atoms with Crippen LogP contribution in [0.3, 0.4) is 0 Å². The normalized spacial score (nSPS) is 13.5. The summed E-state index contributed by atoms with van der Waals surface area (Å²) in [7, 11) is 1.67. The van der Waals surface area contributed by atoms with Gasteiger partial charge in [-0.2, -0.15) is 0 Å². The number of hydrogen-bond donors (Lipinski definition) is 0. The number of rotatable bonds is 5. The number of fused-ring (bicyclic) bond motifs is 1. The molecule has 2 aromatic rings. The molecule has 1 heterocycles. The van der Waals surface area contributed by atoms with E-state index in [-0.39, 0.29) is 5.91 Å². The van der Waals surface area contributed by atoms with E-state index in [4.69, 9.17) is 4.74 Å². The number of nitrogens with zero attached hydrogens (tertiary/aromatic N) is 1. The molecular formula is C18H19NO2S2. The van der Waals surface area contributed by atoms with Crippen molar-refractivity contribution in [3.63, 3.8) is 0 Å². The zero-order valence-electron chi connectivity index (χ0n) is 13.0. The quantitative estimate of drug-likeness (QED) is 0.817. The van der Waals surface area contributed by atoms with Gasteiger partial charge in [-0.3, -0.25) is 4.79 Å². The fourth-order valence-electron chi connectivity index (χ4n) is 2.52. The average Bonchev–Trinajstić information content (AvgIpc) is 2.61. The molecule has 0 aromatic heterocycles. The minimum absolute atomic E-state index is 0.186. The molecule has 0 atom stereocenters. The van der Waals surface area contributed by atoms with Crippen LogP contribution in [-0.4, -0.2) is 31.1 Å². The molecule has 1 aliphatic heterocycles. The summed E-state index contributed by atoms with van der Waals surface area (Å²) < 4.78 is 5.23. The summed E-state index contributed by atoms with van der Waals surface area (Å²) in [6.45, 7) is 0.792. The topological polar surface area (TPSA) is 29.5 Å². The Bertz CT molecular complexity index is 690. The number of carbonyl (C=O) groups excluding carboxylic acids is 1. The van der Waals surface area contributed by atoms with E-state index in [9.17, 15) is 4.79 Å². The van der Waals surface area contributed by atoms with Gasteiger partial charge >= 0.3 is 0 Å². The molecule has 0 saturated carbocycles. The summed E-state index contributed by atoms with van der Waals surface area (Å²) in [6, 6.07) is 16.1. The first-order valence-electron chi connectivity index (χ1n) is 7.51. The molecule has 0 N–H and O–H groups in total. The maximum atomic E-state index is 12.5. The van der Waals surface area contributed by atoms with Crippen molar-refractivity contribution in [2.24, 2.45) is 0 Å². The molecule has 0 saturated heterocycles. The van der Waals surface area contributed by atoms with E-state index in [1.54, 1.807) is 18.9 Å². The highest BCUT2D eigenvalue weighted by Crippen LogP contribution is 2.34. The molecule has 23 heavy (non-hydrogen) atoms. The number of para-hydroxylation sites is 1. The van der Waals surface area contributed by atoms with Crippen LogP contribution in [0.2, 0.25) is 0 Å². The summed E-state index contributed by atoms with van der Waals surface area (Å²) in [5, 5.41) is 0. The van der Waals surface area contributed by atoms with Crippen molar-refractivity contribution in [2.75, 3.05) is 30.1 Å². The van der Waals surface area contributed by atoms with Crippen molar-refractivity contribution >= 4 is 35.1 Å². The third-order valence-corrected chi connectivity index (χ3v) is 5.69. The molecule has 1 amide bonds. The Balaban J connectivity index is 1.58. The number of amides is 1. The van der Waals surface area contributed by atoms with E-state index < -0.39 is 0 Å². The van der Waals surface area contributed by atoms with Gasteiger partial charge in [0.15, 0.2) is 0 Å². The lowest BCUT2D eigenvalue weighted by atomic mass is 10.2. The van der Waals surface area contributed by atoms with E-state index in [1.165, 1.54) is 10.5 Å². The fourth-order valence-corrected chi connectivity index (χ4v) is 4.37. The van der Waals surface area contributed by atoms with E-state index in [1.807, 2.05) is 53.1 Å². The second kappa shape index (κ2) is 7.79. The number of methoxy groups -OCH3 is 1. The molecule has 0 radical (unpaired) electrons. The maximum Gasteiger partial charge on any atom is 0.237 e. The minimum atomic E-state index is 0.186. The molecule has 3 nitrogen and oxygen atoms in total. The Morgan fingerprint density at radius 1 is 1.26 bits per heavy atom. The standard InChI is InChI=1S/C18H19NO2S2/c1-21-15-6-4-5-14(11-15)12-22-13-18(20)19-9-10-23-17-8-3-2-7-16(17)19/h2-8,11H,9-10,12-13H2,1H3. The summed E-state index contributed by atoms with van der Waals surface area (Å²) >= 11 is 3.47. The molecule has 2 aromatic carbocycles. The van der Waals surface area contributed by atoms with E-state index in [0.717, 1.165) is 29.5 Å². The van der Waals surface area contributed by atoms with Crippen molar-refractivity contribution < 1.29 is 9.53 Å². The lowest BCUT2D eigenvalue weighted by Gasteiger charge is -2.28. The Labute approximate surface area is 145 Å².